The molecule has 1 aliphatic rings. The van der Waals surface area contributed by atoms with Crippen LogP contribution < -0.4 is 16.0 Å². The van der Waals surface area contributed by atoms with Crippen molar-refractivity contribution >= 4 is 50.8 Å². The van der Waals surface area contributed by atoms with Gasteiger partial charge in [0.25, 0.3) is 5.91 Å². The fourth-order valence-corrected chi connectivity index (χ4v) is 4.31. The number of rotatable bonds is 2. The van der Waals surface area contributed by atoms with Crippen LogP contribution in [0.15, 0.2) is 22.7 Å². The molecule has 1 aliphatic heterocycles. The van der Waals surface area contributed by atoms with Crippen molar-refractivity contribution in [2.24, 2.45) is 0 Å². The summed E-state index contributed by atoms with van der Waals surface area (Å²) in [5.41, 5.74) is 0.403. The van der Waals surface area contributed by atoms with Crippen LogP contribution in [-0.4, -0.2) is 28.1 Å². The average Bonchev–Trinajstić information content (AvgIpc) is 2.37. The Morgan fingerprint density at radius 2 is 1.88 bits per heavy atom. The maximum absolute atomic E-state index is 12.4. The molecule has 0 unspecified atom stereocenters. The molecule has 0 bridgehead atoms. The number of thiocarbonyl (C=S) groups is 1. The van der Waals surface area contributed by atoms with Crippen LogP contribution >= 0.6 is 39.7 Å². The van der Waals surface area contributed by atoms with Gasteiger partial charge >= 0.3 is 0 Å². The predicted molar refractivity (Wildman–Crippen MR) is 107 cm³/mol. The normalized spacial score (nSPS) is 19.6. The molecular weight excluding hydrogens is 410 g/mol. The smallest absolute Gasteiger partial charge is 0.258 e. The van der Waals surface area contributed by atoms with Gasteiger partial charge in [0.05, 0.1) is 10.6 Å². The van der Waals surface area contributed by atoms with Crippen LogP contribution in [0.4, 0.5) is 0 Å². The fraction of sp³-hybridized carbons (Fsp3) is 0.529. The van der Waals surface area contributed by atoms with Crippen molar-refractivity contribution < 1.29 is 4.79 Å². The molecule has 0 atom stereocenters. The van der Waals surface area contributed by atoms with Crippen molar-refractivity contribution in [1.29, 1.82) is 0 Å². The lowest BCUT2D eigenvalue weighted by Crippen LogP contribution is -2.62. The van der Waals surface area contributed by atoms with E-state index in [2.05, 4.69) is 59.6 Å². The third-order valence-electron chi connectivity index (χ3n) is 3.93. The Kier molecular flexibility index (Phi) is 5.95. The highest BCUT2D eigenvalue weighted by atomic mass is 79.9. The van der Waals surface area contributed by atoms with Gasteiger partial charge in [-0.15, -0.1) is 0 Å². The first-order chi connectivity index (χ1) is 11.0. The van der Waals surface area contributed by atoms with E-state index < -0.39 is 0 Å². The number of nitrogens with one attached hydrogen (secondary N) is 3. The lowest BCUT2D eigenvalue weighted by molar-refractivity contribution is 0.0976. The number of hydrogen-bond acceptors (Lipinski definition) is 3. The van der Waals surface area contributed by atoms with Gasteiger partial charge in [-0.1, -0.05) is 27.5 Å². The van der Waals surface area contributed by atoms with Crippen molar-refractivity contribution in [2.75, 3.05) is 0 Å². The number of halogens is 2. The van der Waals surface area contributed by atoms with Crippen LogP contribution in [0.3, 0.4) is 0 Å². The van der Waals surface area contributed by atoms with E-state index in [0.29, 0.717) is 15.7 Å². The predicted octanol–water partition coefficient (Wildman–Crippen LogP) is 4.02. The third kappa shape index (κ3) is 5.41. The zero-order valence-electron chi connectivity index (χ0n) is 14.3. The Morgan fingerprint density at radius 1 is 1.29 bits per heavy atom. The summed E-state index contributed by atoms with van der Waals surface area (Å²) in [6, 6.07) is 5.34. The van der Waals surface area contributed by atoms with Gasteiger partial charge < -0.3 is 10.6 Å². The van der Waals surface area contributed by atoms with Gasteiger partial charge in [-0.2, -0.15) is 0 Å². The van der Waals surface area contributed by atoms with E-state index in [0.717, 1.165) is 17.3 Å². The molecule has 4 nitrogen and oxygen atoms in total. The molecule has 0 aliphatic carbocycles. The van der Waals surface area contributed by atoms with E-state index in [9.17, 15) is 4.79 Å². The van der Waals surface area contributed by atoms with Crippen molar-refractivity contribution in [3.63, 3.8) is 0 Å². The van der Waals surface area contributed by atoms with E-state index in [1.54, 1.807) is 18.2 Å². The molecule has 1 saturated heterocycles. The summed E-state index contributed by atoms with van der Waals surface area (Å²) in [7, 11) is 0. The van der Waals surface area contributed by atoms with Crippen LogP contribution in [0.2, 0.25) is 5.02 Å². The van der Waals surface area contributed by atoms with Gasteiger partial charge in [0.1, 0.15) is 0 Å². The fourth-order valence-electron chi connectivity index (χ4n) is 3.49. The Morgan fingerprint density at radius 3 is 2.46 bits per heavy atom. The van der Waals surface area contributed by atoms with Gasteiger partial charge in [-0.25, -0.2) is 0 Å². The van der Waals surface area contributed by atoms with E-state index in [1.807, 2.05) is 0 Å². The number of carbonyl (C=O) groups excluding carboxylic acids is 1. The minimum absolute atomic E-state index is 0.00659. The summed E-state index contributed by atoms with van der Waals surface area (Å²) in [6.07, 6.45) is 1.84. The average molecular weight is 433 g/mol. The Balaban J connectivity index is 2.00. The highest BCUT2D eigenvalue weighted by Gasteiger charge is 2.37. The van der Waals surface area contributed by atoms with E-state index in [1.165, 1.54) is 0 Å². The molecule has 3 N–H and O–H groups in total. The van der Waals surface area contributed by atoms with Gasteiger partial charge in [-0.3, -0.25) is 10.1 Å². The molecule has 0 spiro atoms. The van der Waals surface area contributed by atoms with Crippen LogP contribution in [0, 0.1) is 0 Å². The zero-order valence-corrected chi connectivity index (χ0v) is 17.5. The van der Waals surface area contributed by atoms with Crippen LogP contribution in [0.5, 0.6) is 0 Å². The Hall–Kier alpha value is -0.690. The summed E-state index contributed by atoms with van der Waals surface area (Å²) in [5.74, 6) is -0.314. The minimum Gasteiger partial charge on any atom is -0.360 e. The zero-order chi connectivity index (χ0) is 18.1. The molecule has 0 saturated carbocycles. The first-order valence-corrected chi connectivity index (χ1v) is 9.42. The molecule has 0 aromatic heterocycles. The maximum Gasteiger partial charge on any atom is 0.258 e. The van der Waals surface area contributed by atoms with Crippen LogP contribution in [0.1, 0.15) is 50.9 Å². The third-order valence-corrected chi connectivity index (χ3v) is 4.97. The van der Waals surface area contributed by atoms with E-state index in [4.69, 9.17) is 23.8 Å². The summed E-state index contributed by atoms with van der Waals surface area (Å²) in [6.45, 7) is 8.69. The molecule has 24 heavy (non-hydrogen) atoms. The molecule has 132 valence electrons. The first-order valence-electron chi connectivity index (χ1n) is 7.84. The quantitative estimate of drug-likeness (QED) is 0.618. The summed E-state index contributed by atoms with van der Waals surface area (Å²) >= 11 is 14.7. The molecule has 1 heterocycles. The molecular formula is C17H23BrClN3OS. The van der Waals surface area contributed by atoms with Crippen LogP contribution in [0.25, 0.3) is 0 Å². The second-order valence-electron chi connectivity index (χ2n) is 7.55. The Bertz CT molecular complexity index is 647. The lowest BCUT2D eigenvalue weighted by atomic mass is 9.80. The monoisotopic (exact) mass is 431 g/mol. The summed E-state index contributed by atoms with van der Waals surface area (Å²) in [4.78, 5) is 12.4. The molecule has 2 rings (SSSR count). The number of benzene rings is 1. The highest BCUT2D eigenvalue weighted by Crippen LogP contribution is 2.28. The largest absolute Gasteiger partial charge is 0.360 e. The van der Waals surface area contributed by atoms with E-state index >= 15 is 0 Å². The molecule has 1 fully saturated rings. The SMILES string of the molecule is CC1(C)CC(NC(=S)NC(=O)c2cc(Br)ccc2Cl)CC(C)(C)N1. The molecule has 1 aromatic rings. The molecule has 1 aromatic carbocycles. The minimum atomic E-state index is -0.314. The Labute approximate surface area is 162 Å². The van der Waals surface area contributed by atoms with E-state index in [-0.39, 0.29) is 23.0 Å². The molecule has 0 radical (unpaired) electrons. The van der Waals surface area contributed by atoms with Crippen molar-refractivity contribution in [2.45, 2.75) is 57.7 Å². The topological polar surface area (TPSA) is 53.2 Å². The van der Waals surface area contributed by atoms with Crippen molar-refractivity contribution in [3.05, 3.63) is 33.3 Å². The van der Waals surface area contributed by atoms with Gasteiger partial charge in [-0.05, 0) is 71.0 Å². The van der Waals surface area contributed by atoms with Crippen molar-refractivity contribution in [1.82, 2.24) is 16.0 Å². The van der Waals surface area contributed by atoms with Gasteiger partial charge in [0.15, 0.2) is 5.11 Å². The number of carbonyl (C=O) groups is 1. The summed E-state index contributed by atoms with van der Waals surface area (Å²) < 4.78 is 0.790. The standard InChI is InChI=1S/C17H23BrClN3OS/c1-16(2)8-11(9-17(3,4)22-16)20-15(24)21-14(23)12-7-10(18)5-6-13(12)19/h5-7,11,22H,8-9H2,1-4H3,(H2,20,21,23,24). The first kappa shape index (κ1) is 19.6. The lowest BCUT2D eigenvalue weighted by Gasteiger charge is -2.46. The highest BCUT2D eigenvalue weighted by molar-refractivity contribution is 9.10. The molecule has 7 heteroatoms. The summed E-state index contributed by atoms with van der Waals surface area (Å²) in [5, 5.41) is 10.3. The van der Waals surface area contributed by atoms with Gasteiger partial charge in [0.2, 0.25) is 0 Å². The molecule has 1 amide bonds. The second kappa shape index (κ2) is 7.28. The number of piperidine rings is 1. The van der Waals surface area contributed by atoms with Crippen LogP contribution in [-0.2, 0) is 0 Å². The second-order valence-corrected chi connectivity index (χ2v) is 9.28. The number of hydrogen-bond donors (Lipinski definition) is 3. The van der Waals surface area contributed by atoms with Crippen molar-refractivity contribution in [3.8, 4) is 0 Å². The number of amides is 1. The maximum atomic E-state index is 12.4. The van der Waals surface area contributed by atoms with Gasteiger partial charge in [0, 0.05) is 21.6 Å².